The van der Waals surface area contributed by atoms with Gasteiger partial charge < -0.3 is 5.32 Å². The largest absolute Gasteiger partial charge is 0.305 e. The van der Waals surface area contributed by atoms with E-state index < -0.39 is 0 Å². The van der Waals surface area contributed by atoms with Crippen LogP contribution in [0, 0.1) is 6.07 Å². The van der Waals surface area contributed by atoms with Crippen molar-refractivity contribution in [3.8, 4) is 0 Å². The second-order valence-electron chi connectivity index (χ2n) is 2.85. The molecule has 2 heterocycles. The quantitative estimate of drug-likeness (QED) is 0.628. The van der Waals surface area contributed by atoms with Crippen LogP contribution in [0.1, 0.15) is 18.2 Å². The molecule has 1 aromatic rings. The predicted octanol–water partition coefficient (Wildman–Crippen LogP) is 1.47. The molecule has 0 saturated heterocycles. The molecule has 0 saturated carbocycles. The molecule has 0 spiro atoms. The van der Waals surface area contributed by atoms with Crippen molar-refractivity contribution in [1.29, 1.82) is 0 Å². The number of hydrogen-bond acceptors (Lipinski definition) is 2. The Balaban J connectivity index is 2.15. The van der Waals surface area contributed by atoms with Crippen molar-refractivity contribution in [1.82, 2.24) is 10.3 Å². The van der Waals surface area contributed by atoms with Crippen LogP contribution in [0.3, 0.4) is 0 Å². The van der Waals surface area contributed by atoms with Gasteiger partial charge in [0.15, 0.2) is 0 Å². The van der Waals surface area contributed by atoms with Gasteiger partial charge in [-0.25, -0.2) is 0 Å². The monoisotopic (exact) mass is 159 g/mol. The summed E-state index contributed by atoms with van der Waals surface area (Å²) >= 11 is 0. The molecule has 1 aliphatic rings. The molecule has 12 heavy (non-hydrogen) atoms. The summed E-state index contributed by atoms with van der Waals surface area (Å²) in [7, 11) is 0. The van der Waals surface area contributed by atoms with Gasteiger partial charge in [-0.3, -0.25) is 4.98 Å². The standard InChI is InChI=1S/C10H11N2/c1-3-7-11-9(5-1)10-6-2-4-8-12-10/h1-3,6,8-9,11H,5,7H2. The molecule has 0 aromatic carbocycles. The van der Waals surface area contributed by atoms with E-state index in [1.807, 2.05) is 12.1 Å². The molecule has 61 valence electrons. The third kappa shape index (κ3) is 1.53. The summed E-state index contributed by atoms with van der Waals surface area (Å²) in [5.41, 5.74) is 1.11. The number of nitrogens with zero attached hydrogens (tertiary/aromatic N) is 1. The van der Waals surface area contributed by atoms with Gasteiger partial charge in [0.1, 0.15) is 0 Å². The average molecular weight is 159 g/mol. The second kappa shape index (κ2) is 3.50. The van der Waals surface area contributed by atoms with Crippen molar-refractivity contribution >= 4 is 0 Å². The van der Waals surface area contributed by atoms with Crippen LogP contribution in [0.25, 0.3) is 0 Å². The number of hydrogen-bond donors (Lipinski definition) is 1. The minimum atomic E-state index is 0.393. The van der Waals surface area contributed by atoms with E-state index in [-0.39, 0.29) is 0 Å². The first-order valence-corrected chi connectivity index (χ1v) is 4.17. The molecule has 1 aliphatic heterocycles. The lowest BCUT2D eigenvalue weighted by atomic mass is 10.1. The van der Waals surface area contributed by atoms with Gasteiger partial charge in [0.25, 0.3) is 0 Å². The number of nitrogens with one attached hydrogen (secondary N) is 1. The fourth-order valence-electron chi connectivity index (χ4n) is 1.37. The predicted molar refractivity (Wildman–Crippen MR) is 47.6 cm³/mol. The van der Waals surface area contributed by atoms with Crippen LogP contribution in [0.4, 0.5) is 0 Å². The Bertz CT molecular complexity index is 266. The summed E-state index contributed by atoms with van der Waals surface area (Å²) in [5.74, 6) is 0. The molecule has 1 aromatic heterocycles. The molecular formula is C10H11N2. The Labute approximate surface area is 72.3 Å². The molecule has 1 radical (unpaired) electrons. The Kier molecular flexibility index (Phi) is 2.19. The molecule has 2 nitrogen and oxygen atoms in total. The molecule has 1 atom stereocenters. The molecule has 0 bridgehead atoms. The van der Waals surface area contributed by atoms with Crippen LogP contribution in [0.15, 0.2) is 30.5 Å². The van der Waals surface area contributed by atoms with Gasteiger partial charge in [0.05, 0.1) is 11.7 Å². The van der Waals surface area contributed by atoms with Crippen LogP contribution in [0.2, 0.25) is 0 Å². The van der Waals surface area contributed by atoms with E-state index in [1.54, 1.807) is 6.20 Å². The molecule has 0 amide bonds. The van der Waals surface area contributed by atoms with Gasteiger partial charge in [-0.15, -0.1) is 0 Å². The molecular weight excluding hydrogens is 148 g/mol. The average Bonchev–Trinajstić information content (AvgIpc) is 2.21. The van der Waals surface area contributed by atoms with Gasteiger partial charge in [0.2, 0.25) is 0 Å². The Hall–Kier alpha value is -1.15. The summed E-state index contributed by atoms with van der Waals surface area (Å²) in [4.78, 5) is 4.25. The first kappa shape index (κ1) is 7.50. The molecule has 0 fully saturated rings. The normalized spacial score (nSPS) is 22.5. The van der Waals surface area contributed by atoms with Crippen molar-refractivity contribution in [2.45, 2.75) is 12.5 Å². The lowest BCUT2D eigenvalue weighted by Gasteiger charge is -2.18. The zero-order valence-electron chi connectivity index (χ0n) is 6.83. The summed E-state index contributed by atoms with van der Waals surface area (Å²) in [6, 6.07) is 7.22. The highest BCUT2D eigenvalue weighted by Gasteiger charge is 2.11. The van der Waals surface area contributed by atoms with Gasteiger partial charge >= 0.3 is 0 Å². The maximum Gasteiger partial charge on any atom is 0.0576 e. The smallest absolute Gasteiger partial charge is 0.0576 e. The van der Waals surface area contributed by atoms with E-state index in [2.05, 4.69) is 28.5 Å². The Morgan fingerprint density at radius 2 is 2.50 bits per heavy atom. The first-order valence-electron chi connectivity index (χ1n) is 4.17. The maximum absolute atomic E-state index is 4.25. The van der Waals surface area contributed by atoms with E-state index in [1.165, 1.54) is 0 Å². The van der Waals surface area contributed by atoms with Crippen molar-refractivity contribution in [2.75, 3.05) is 6.54 Å². The fourth-order valence-corrected chi connectivity index (χ4v) is 1.37. The molecule has 1 N–H and O–H groups in total. The van der Waals surface area contributed by atoms with Crippen molar-refractivity contribution < 1.29 is 0 Å². The third-order valence-corrected chi connectivity index (χ3v) is 2.02. The van der Waals surface area contributed by atoms with Crippen LogP contribution < -0.4 is 5.32 Å². The zero-order valence-corrected chi connectivity index (χ0v) is 6.83. The maximum atomic E-state index is 4.25. The second-order valence-corrected chi connectivity index (χ2v) is 2.85. The van der Waals surface area contributed by atoms with Crippen LogP contribution in [0.5, 0.6) is 0 Å². The van der Waals surface area contributed by atoms with E-state index >= 15 is 0 Å². The summed E-state index contributed by atoms with van der Waals surface area (Å²) in [6.45, 7) is 0.949. The van der Waals surface area contributed by atoms with Crippen LogP contribution in [-0.2, 0) is 0 Å². The Morgan fingerprint density at radius 3 is 3.17 bits per heavy atom. The minimum absolute atomic E-state index is 0.393. The van der Waals surface area contributed by atoms with E-state index in [4.69, 9.17) is 0 Å². The van der Waals surface area contributed by atoms with Crippen molar-refractivity contribution in [3.05, 3.63) is 42.2 Å². The molecule has 0 aliphatic carbocycles. The topological polar surface area (TPSA) is 24.9 Å². The van der Waals surface area contributed by atoms with Crippen molar-refractivity contribution in [2.24, 2.45) is 0 Å². The zero-order chi connectivity index (χ0) is 8.23. The lowest BCUT2D eigenvalue weighted by molar-refractivity contribution is 0.541. The minimum Gasteiger partial charge on any atom is -0.305 e. The van der Waals surface area contributed by atoms with Crippen molar-refractivity contribution in [3.63, 3.8) is 0 Å². The van der Waals surface area contributed by atoms with E-state index in [0.29, 0.717) is 6.04 Å². The van der Waals surface area contributed by atoms with E-state index in [0.717, 1.165) is 18.7 Å². The highest BCUT2D eigenvalue weighted by molar-refractivity contribution is 5.11. The first-order chi connectivity index (χ1) is 5.97. The summed E-state index contributed by atoms with van der Waals surface area (Å²) in [6.07, 6.45) is 7.09. The molecule has 2 rings (SSSR count). The summed E-state index contributed by atoms with van der Waals surface area (Å²) < 4.78 is 0. The number of pyridine rings is 1. The number of rotatable bonds is 1. The van der Waals surface area contributed by atoms with Gasteiger partial charge in [0, 0.05) is 18.8 Å². The summed E-state index contributed by atoms with van der Waals surface area (Å²) in [5, 5.41) is 3.37. The highest BCUT2D eigenvalue weighted by Crippen LogP contribution is 2.16. The lowest BCUT2D eigenvalue weighted by Crippen LogP contribution is -2.24. The molecule has 2 heteroatoms. The van der Waals surface area contributed by atoms with Gasteiger partial charge in [-0.2, -0.15) is 0 Å². The van der Waals surface area contributed by atoms with E-state index in [9.17, 15) is 0 Å². The SMILES string of the molecule is [c]1ccc(C2CC=CCN2)nc1. The Morgan fingerprint density at radius 1 is 1.50 bits per heavy atom. The van der Waals surface area contributed by atoms with Crippen LogP contribution >= 0.6 is 0 Å². The number of aromatic nitrogens is 1. The van der Waals surface area contributed by atoms with Gasteiger partial charge in [-0.05, 0) is 12.5 Å². The fraction of sp³-hybridized carbons (Fsp3) is 0.300. The van der Waals surface area contributed by atoms with Crippen LogP contribution in [-0.4, -0.2) is 11.5 Å². The third-order valence-electron chi connectivity index (χ3n) is 2.02. The van der Waals surface area contributed by atoms with Gasteiger partial charge in [-0.1, -0.05) is 18.2 Å². The molecule has 1 unspecified atom stereocenters. The highest BCUT2D eigenvalue weighted by atomic mass is 14.9.